The van der Waals surface area contributed by atoms with Crippen molar-refractivity contribution in [3.05, 3.63) is 72.2 Å². The van der Waals surface area contributed by atoms with Crippen molar-refractivity contribution in [1.82, 2.24) is 9.38 Å². The number of pyridine rings is 2. The third kappa shape index (κ3) is 1.48. The van der Waals surface area contributed by atoms with Crippen LogP contribution in [0, 0.1) is 13.8 Å². The first-order valence-corrected chi connectivity index (χ1v) is 8.66. The van der Waals surface area contributed by atoms with Gasteiger partial charge in [0.2, 0.25) is 0 Å². The van der Waals surface area contributed by atoms with Gasteiger partial charge in [0.05, 0.1) is 11.0 Å². The molecule has 2 nitrogen and oxygen atoms in total. The van der Waals surface area contributed by atoms with Gasteiger partial charge in [0.25, 0.3) is 0 Å². The molecule has 118 valence electrons. The third-order valence-electron chi connectivity index (χ3n) is 5.79. The van der Waals surface area contributed by atoms with Crippen LogP contribution in [0.5, 0.6) is 0 Å². The standard InChI is InChI=1S/C23H16N2/c1-13-14(2)25-10-8-15-7-9-24-22-19-12-17-6-4-3-5-16(17)11-18(19)20(13)23(25)21(15)22/h3-12H,1-2H3. The maximum Gasteiger partial charge on any atom is 0.0808 e. The summed E-state index contributed by atoms with van der Waals surface area (Å²) in [5.41, 5.74) is 5.08. The van der Waals surface area contributed by atoms with E-state index in [0.29, 0.717) is 0 Å². The second-order valence-corrected chi connectivity index (χ2v) is 6.99. The first kappa shape index (κ1) is 13.2. The van der Waals surface area contributed by atoms with Crippen LogP contribution in [0.3, 0.4) is 0 Å². The zero-order chi connectivity index (χ0) is 16.7. The predicted molar refractivity (Wildman–Crippen MR) is 106 cm³/mol. The van der Waals surface area contributed by atoms with Gasteiger partial charge in [0.15, 0.2) is 0 Å². The molecule has 25 heavy (non-hydrogen) atoms. The van der Waals surface area contributed by atoms with Gasteiger partial charge in [0.1, 0.15) is 0 Å². The van der Waals surface area contributed by atoms with E-state index in [1.807, 2.05) is 6.20 Å². The molecule has 0 aliphatic rings. The molecule has 3 aromatic carbocycles. The van der Waals surface area contributed by atoms with Crippen LogP contribution in [0.4, 0.5) is 0 Å². The van der Waals surface area contributed by atoms with Gasteiger partial charge in [-0.05, 0) is 65.2 Å². The molecule has 0 spiro atoms. The first-order valence-electron chi connectivity index (χ1n) is 8.66. The fourth-order valence-corrected chi connectivity index (χ4v) is 4.46. The Bertz CT molecular complexity index is 1450. The summed E-state index contributed by atoms with van der Waals surface area (Å²) in [5, 5.41) is 9.01. The van der Waals surface area contributed by atoms with Crippen molar-refractivity contribution in [3.63, 3.8) is 0 Å². The lowest BCUT2D eigenvalue weighted by Crippen LogP contribution is -1.92. The Kier molecular flexibility index (Phi) is 2.26. The minimum absolute atomic E-state index is 1.11. The average Bonchev–Trinajstić information content (AvgIpc) is 2.91. The normalized spacial score (nSPS) is 12.4. The Labute approximate surface area is 144 Å². The summed E-state index contributed by atoms with van der Waals surface area (Å²) in [6.07, 6.45) is 4.13. The van der Waals surface area contributed by atoms with Gasteiger partial charge in [-0.1, -0.05) is 24.3 Å². The van der Waals surface area contributed by atoms with Crippen molar-refractivity contribution >= 4 is 48.7 Å². The van der Waals surface area contributed by atoms with Crippen molar-refractivity contribution in [3.8, 4) is 0 Å². The topological polar surface area (TPSA) is 17.3 Å². The molecule has 0 saturated heterocycles. The number of aryl methyl sites for hydroxylation is 2. The molecule has 0 aliphatic carbocycles. The Morgan fingerprint density at radius 3 is 2.36 bits per heavy atom. The molecule has 0 aliphatic heterocycles. The number of rotatable bonds is 0. The van der Waals surface area contributed by atoms with E-state index in [-0.39, 0.29) is 0 Å². The van der Waals surface area contributed by atoms with Gasteiger partial charge in [-0.2, -0.15) is 0 Å². The van der Waals surface area contributed by atoms with Crippen molar-refractivity contribution < 1.29 is 0 Å². The highest BCUT2D eigenvalue weighted by atomic mass is 14.9. The Balaban J connectivity index is 2.08. The van der Waals surface area contributed by atoms with E-state index in [4.69, 9.17) is 4.98 Å². The van der Waals surface area contributed by atoms with E-state index in [1.54, 1.807) is 0 Å². The van der Waals surface area contributed by atoms with E-state index >= 15 is 0 Å². The van der Waals surface area contributed by atoms with E-state index in [1.165, 1.54) is 54.5 Å². The minimum atomic E-state index is 1.11. The fraction of sp³-hybridized carbons (Fsp3) is 0.0870. The Morgan fingerprint density at radius 2 is 1.56 bits per heavy atom. The zero-order valence-corrected chi connectivity index (χ0v) is 14.2. The highest BCUT2D eigenvalue weighted by Gasteiger charge is 2.19. The maximum absolute atomic E-state index is 4.79. The predicted octanol–water partition coefficient (Wildman–Crippen LogP) is 6.00. The second-order valence-electron chi connectivity index (χ2n) is 6.99. The van der Waals surface area contributed by atoms with E-state index in [9.17, 15) is 0 Å². The summed E-state index contributed by atoms with van der Waals surface area (Å²) in [4.78, 5) is 4.79. The fourth-order valence-electron chi connectivity index (χ4n) is 4.46. The summed E-state index contributed by atoms with van der Waals surface area (Å²) in [6, 6.07) is 17.6. The van der Waals surface area contributed by atoms with Crippen molar-refractivity contribution in [1.29, 1.82) is 0 Å². The second kappa shape index (κ2) is 4.28. The van der Waals surface area contributed by atoms with Crippen LogP contribution in [0.1, 0.15) is 11.3 Å². The molecule has 0 bridgehead atoms. The van der Waals surface area contributed by atoms with Gasteiger partial charge in [-0.15, -0.1) is 0 Å². The molecule has 0 N–H and O–H groups in total. The van der Waals surface area contributed by atoms with Crippen LogP contribution >= 0.6 is 0 Å². The number of fused-ring (bicyclic) bond motifs is 4. The van der Waals surface area contributed by atoms with Crippen LogP contribution in [-0.4, -0.2) is 9.38 Å². The van der Waals surface area contributed by atoms with Gasteiger partial charge in [0, 0.05) is 34.2 Å². The molecular weight excluding hydrogens is 304 g/mol. The lowest BCUT2D eigenvalue weighted by atomic mass is 9.95. The summed E-state index contributed by atoms with van der Waals surface area (Å²) in [6.45, 7) is 4.45. The van der Waals surface area contributed by atoms with Crippen LogP contribution in [0.15, 0.2) is 60.9 Å². The van der Waals surface area contributed by atoms with Crippen LogP contribution in [0.2, 0.25) is 0 Å². The highest BCUT2D eigenvalue weighted by Crippen LogP contribution is 2.41. The number of benzene rings is 3. The number of hydrogen-bond acceptors (Lipinski definition) is 1. The minimum Gasteiger partial charge on any atom is -0.320 e. The van der Waals surface area contributed by atoms with Crippen molar-refractivity contribution in [2.75, 3.05) is 0 Å². The molecule has 6 aromatic rings. The van der Waals surface area contributed by atoms with E-state index in [0.717, 1.165) is 5.52 Å². The summed E-state index contributed by atoms with van der Waals surface area (Å²) >= 11 is 0. The number of nitrogens with zero attached hydrogens (tertiary/aromatic N) is 2. The van der Waals surface area contributed by atoms with Gasteiger partial charge in [-0.25, -0.2) is 0 Å². The molecular formula is C23H16N2. The largest absolute Gasteiger partial charge is 0.320 e. The maximum atomic E-state index is 4.79. The highest BCUT2D eigenvalue weighted by molar-refractivity contribution is 6.30. The monoisotopic (exact) mass is 320 g/mol. The van der Waals surface area contributed by atoms with E-state index < -0.39 is 0 Å². The molecule has 0 unspecified atom stereocenters. The van der Waals surface area contributed by atoms with Gasteiger partial charge in [-0.3, -0.25) is 4.98 Å². The first-order chi connectivity index (χ1) is 12.2. The Morgan fingerprint density at radius 1 is 0.800 bits per heavy atom. The molecule has 6 rings (SSSR count). The van der Waals surface area contributed by atoms with Crippen molar-refractivity contribution in [2.24, 2.45) is 0 Å². The molecule has 3 heterocycles. The lowest BCUT2D eigenvalue weighted by molar-refractivity contribution is 1.10. The number of hydrogen-bond donors (Lipinski definition) is 0. The van der Waals surface area contributed by atoms with Gasteiger partial charge < -0.3 is 4.40 Å². The molecule has 2 heteroatoms. The smallest absolute Gasteiger partial charge is 0.0808 e. The zero-order valence-electron chi connectivity index (χ0n) is 14.2. The van der Waals surface area contributed by atoms with Gasteiger partial charge >= 0.3 is 0 Å². The van der Waals surface area contributed by atoms with Crippen molar-refractivity contribution in [2.45, 2.75) is 13.8 Å². The molecule has 0 saturated carbocycles. The third-order valence-corrected chi connectivity index (χ3v) is 5.79. The molecule has 0 amide bonds. The lowest BCUT2D eigenvalue weighted by Gasteiger charge is -2.12. The van der Waals surface area contributed by atoms with Crippen LogP contribution < -0.4 is 0 Å². The summed E-state index contributed by atoms with van der Waals surface area (Å²) < 4.78 is 2.33. The summed E-state index contributed by atoms with van der Waals surface area (Å²) in [7, 11) is 0. The van der Waals surface area contributed by atoms with Crippen LogP contribution in [-0.2, 0) is 0 Å². The Hall–Kier alpha value is -3.13. The van der Waals surface area contributed by atoms with E-state index in [2.05, 4.69) is 73.0 Å². The molecule has 0 atom stereocenters. The molecule has 0 fully saturated rings. The molecule has 3 aromatic heterocycles. The quantitative estimate of drug-likeness (QED) is 0.248. The average molecular weight is 320 g/mol. The SMILES string of the molecule is Cc1c(C)n2ccc3ccnc4c5cc6ccccc6cc5c1c2c34. The van der Waals surface area contributed by atoms with Crippen LogP contribution in [0.25, 0.3) is 48.7 Å². The molecule has 0 radical (unpaired) electrons. The number of aromatic nitrogens is 2. The summed E-state index contributed by atoms with van der Waals surface area (Å²) in [5.74, 6) is 0.